The van der Waals surface area contributed by atoms with Crippen LogP contribution in [0.15, 0.2) is 30.3 Å². The molecule has 1 aromatic rings. The molecule has 0 N–H and O–H groups in total. The summed E-state index contributed by atoms with van der Waals surface area (Å²) in [6.45, 7) is 6.90. The molecule has 0 radical (unpaired) electrons. The third-order valence-electron chi connectivity index (χ3n) is 7.91. The second kappa shape index (κ2) is 12.5. The van der Waals surface area contributed by atoms with Crippen molar-refractivity contribution in [2.75, 3.05) is 0 Å². The minimum Gasteiger partial charge on any atom is -0.459 e. The number of carbonyl (C=O) groups is 1. The fourth-order valence-corrected chi connectivity index (χ4v) is 5.57. The fraction of sp³-hybridized carbons (Fsp3) is 0.690. The van der Waals surface area contributed by atoms with Crippen LogP contribution in [0.1, 0.15) is 120 Å². The lowest BCUT2D eigenvalue weighted by Gasteiger charge is -2.28. The van der Waals surface area contributed by atoms with E-state index in [-0.39, 0.29) is 12.1 Å². The molecule has 1 unspecified atom stereocenters. The number of ether oxygens (including phenoxy) is 1. The molecule has 0 heterocycles. The Hall–Kier alpha value is -1.57. The summed E-state index contributed by atoms with van der Waals surface area (Å²) >= 11 is 0. The molecular weight excluding hydrogens is 380 g/mol. The summed E-state index contributed by atoms with van der Waals surface area (Å²) in [5.41, 5.74) is 3.42. The van der Waals surface area contributed by atoms with Crippen LogP contribution in [-0.4, -0.2) is 12.1 Å². The van der Waals surface area contributed by atoms with Gasteiger partial charge < -0.3 is 4.74 Å². The van der Waals surface area contributed by atoms with Crippen LogP contribution in [0, 0.1) is 17.8 Å². The van der Waals surface area contributed by atoms with Gasteiger partial charge in [0.15, 0.2) is 0 Å². The highest BCUT2D eigenvalue weighted by Gasteiger charge is 2.24. The largest absolute Gasteiger partial charge is 0.459 e. The molecule has 2 heteroatoms. The Morgan fingerprint density at radius 3 is 2.23 bits per heavy atom. The van der Waals surface area contributed by atoms with Crippen molar-refractivity contribution in [3.8, 4) is 0 Å². The first-order chi connectivity index (χ1) is 15.1. The molecule has 2 nitrogen and oxygen atoms in total. The Morgan fingerprint density at radius 1 is 0.935 bits per heavy atom. The van der Waals surface area contributed by atoms with Gasteiger partial charge in [-0.25, -0.2) is 4.79 Å². The standard InChI is InChI=1S/C29H44O2/c1-4-7-23-12-20-28(21-13-23)31-29(30)27-18-16-26(17-19-27)25-14-10-24(11-15-25)9-8-22(5-2)6-3/h14,16-19,22-24,28H,4-13,15,20-21H2,1-3H3/t23-,24?,28-. The third-order valence-corrected chi connectivity index (χ3v) is 7.91. The molecule has 0 spiro atoms. The van der Waals surface area contributed by atoms with Crippen LogP contribution in [0.4, 0.5) is 0 Å². The zero-order chi connectivity index (χ0) is 22.1. The molecular formula is C29H44O2. The number of hydrogen-bond acceptors (Lipinski definition) is 2. The van der Waals surface area contributed by atoms with E-state index in [1.54, 1.807) is 0 Å². The van der Waals surface area contributed by atoms with Gasteiger partial charge in [0.05, 0.1) is 5.56 Å². The number of carbonyl (C=O) groups excluding carboxylic acids is 1. The Bertz CT molecular complexity index is 690. The molecule has 0 aliphatic heterocycles. The molecule has 1 atom stereocenters. The molecule has 2 aliphatic rings. The first-order valence-corrected chi connectivity index (χ1v) is 13.1. The van der Waals surface area contributed by atoms with E-state index < -0.39 is 0 Å². The first kappa shape index (κ1) is 24.1. The summed E-state index contributed by atoms with van der Waals surface area (Å²) in [4.78, 5) is 12.6. The molecule has 0 bridgehead atoms. The van der Waals surface area contributed by atoms with Gasteiger partial charge in [-0.15, -0.1) is 0 Å². The smallest absolute Gasteiger partial charge is 0.338 e. The van der Waals surface area contributed by atoms with Crippen LogP contribution >= 0.6 is 0 Å². The van der Waals surface area contributed by atoms with Gasteiger partial charge in [0.2, 0.25) is 0 Å². The van der Waals surface area contributed by atoms with E-state index in [0.717, 1.165) is 30.6 Å². The van der Waals surface area contributed by atoms with Crippen molar-refractivity contribution in [2.24, 2.45) is 17.8 Å². The van der Waals surface area contributed by atoms with Crippen molar-refractivity contribution in [3.05, 3.63) is 41.5 Å². The molecule has 172 valence electrons. The summed E-state index contributed by atoms with van der Waals surface area (Å²) in [5.74, 6) is 2.45. The number of allylic oxidation sites excluding steroid dienone is 2. The molecule has 0 saturated heterocycles. The van der Waals surface area contributed by atoms with Crippen LogP contribution in [-0.2, 0) is 4.74 Å². The van der Waals surface area contributed by atoms with Crippen LogP contribution in [0.2, 0.25) is 0 Å². The van der Waals surface area contributed by atoms with Crippen molar-refractivity contribution in [1.82, 2.24) is 0 Å². The van der Waals surface area contributed by atoms with E-state index >= 15 is 0 Å². The van der Waals surface area contributed by atoms with Gasteiger partial charge in [-0.3, -0.25) is 0 Å². The highest BCUT2D eigenvalue weighted by Crippen LogP contribution is 2.34. The summed E-state index contributed by atoms with van der Waals surface area (Å²) in [6, 6.07) is 8.15. The highest BCUT2D eigenvalue weighted by atomic mass is 16.5. The SMILES string of the molecule is CCC[C@H]1CC[C@H](OC(=O)c2ccc(C3=CCC(CCC(CC)CC)CC3)cc2)CC1. The Labute approximate surface area is 190 Å². The number of hydrogen-bond donors (Lipinski definition) is 0. The van der Waals surface area contributed by atoms with E-state index in [1.165, 1.54) is 81.8 Å². The van der Waals surface area contributed by atoms with Crippen LogP contribution in [0.25, 0.3) is 5.57 Å². The second-order valence-corrected chi connectivity index (χ2v) is 10.0. The van der Waals surface area contributed by atoms with E-state index in [2.05, 4.69) is 39.0 Å². The maximum atomic E-state index is 12.6. The monoisotopic (exact) mass is 424 g/mol. The molecule has 31 heavy (non-hydrogen) atoms. The second-order valence-electron chi connectivity index (χ2n) is 10.0. The van der Waals surface area contributed by atoms with Crippen LogP contribution < -0.4 is 0 Å². The topological polar surface area (TPSA) is 26.3 Å². The minimum absolute atomic E-state index is 0.110. The summed E-state index contributed by atoms with van der Waals surface area (Å²) < 4.78 is 5.81. The van der Waals surface area contributed by atoms with Gasteiger partial charge in [-0.2, -0.15) is 0 Å². The number of rotatable bonds is 10. The summed E-state index contributed by atoms with van der Waals surface area (Å²) in [6.07, 6.45) is 18.7. The fourth-order valence-electron chi connectivity index (χ4n) is 5.57. The molecule has 2 aliphatic carbocycles. The molecule has 3 rings (SSSR count). The Kier molecular flexibility index (Phi) is 9.68. The van der Waals surface area contributed by atoms with Crippen molar-refractivity contribution in [3.63, 3.8) is 0 Å². The quantitative estimate of drug-likeness (QED) is 0.351. The highest BCUT2D eigenvalue weighted by molar-refractivity contribution is 5.90. The van der Waals surface area contributed by atoms with E-state index in [9.17, 15) is 4.79 Å². The molecule has 1 fully saturated rings. The third kappa shape index (κ3) is 7.22. The number of esters is 1. The van der Waals surface area contributed by atoms with Crippen LogP contribution in [0.5, 0.6) is 0 Å². The average Bonchev–Trinajstić information content (AvgIpc) is 2.82. The van der Waals surface area contributed by atoms with Gasteiger partial charge in [-0.05, 0) is 92.4 Å². The maximum Gasteiger partial charge on any atom is 0.338 e. The van der Waals surface area contributed by atoms with Gasteiger partial charge in [-0.1, -0.05) is 71.1 Å². The molecule has 1 saturated carbocycles. The van der Waals surface area contributed by atoms with Gasteiger partial charge in [0.25, 0.3) is 0 Å². The summed E-state index contributed by atoms with van der Waals surface area (Å²) in [5, 5.41) is 0. The van der Waals surface area contributed by atoms with Crippen molar-refractivity contribution >= 4 is 11.5 Å². The van der Waals surface area contributed by atoms with Gasteiger partial charge in [0, 0.05) is 0 Å². The van der Waals surface area contributed by atoms with Gasteiger partial charge in [0.1, 0.15) is 6.10 Å². The lowest BCUT2D eigenvalue weighted by molar-refractivity contribution is 0.0161. The van der Waals surface area contributed by atoms with Crippen molar-refractivity contribution in [2.45, 2.75) is 110 Å². The Balaban J connectivity index is 1.46. The predicted molar refractivity (Wildman–Crippen MR) is 131 cm³/mol. The van der Waals surface area contributed by atoms with E-state index in [0.29, 0.717) is 5.56 Å². The average molecular weight is 425 g/mol. The van der Waals surface area contributed by atoms with Crippen LogP contribution in [0.3, 0.4) is 0 Å². The first-order valence-electron chi connectivity index (χ1n) is 13.1. The number of benzene rings is 1. The lowest BCUT2D eigenvalue weighted by Crippen LogP contribution is -2.24. The van der Waals surface area contributed by atoms with Crippen molar-refractivity contribution in [1.29, 1.82) is 0 Å². The minimum atomic E-state index is -0.149. The maximum absolute atomic E-state index is 12.6. The van der Waals surface area contributed by atoms with E-state index in [1.807, 2.05) is 12.1 Å². The summed E-state index contributed by atoms with van der Waals surface area (Å²) in [7, 11) is 0. The predicted octanol–water partition coefficient (Wildman–Crippen LogP) is 8.60. The van der Waals surface area contributed by atoms with Crippen molar-refractivity contribution < 1.29 is 9.53 Å². The van der Waals surface area contributed by atoms with Gasteiger partial charge >= 0.3 is 5.97 Å². The zero-order valence-electron chi connectivity index (χ0n) is 20.2. The lowest BCUT2D eigenvalue weighted by atomic mass is 9.82. The molecule has 1 aromatic carbocycles. The zero-order valence-corrected chi connectivity index (χ0v) is 20.2. The Morgan fingerprint density at radius 2 is 1.65 bits per heavy atom. The molecule has 0 amide bonds. The van der Waals surface area contributed by atoms with E-state index in [4.69, 9.17) is 4.74 Å². The normalized spacial score (nSPS) is 24.1. The molecule has 0 aromatic heterocycles.